The number of likely N-dealkylation sites (tertiary alicyclic amines) is 1. The number of nitrogens with zero attached hydrogens (tertiary/aromatic N) is 2. The lowest BCUT2D eigenvalue weighted by molar-refractivity contribution is -0.129. The Balaban J connectivity index is 0.00000110. The van der Waals surface area contributed by atoms with Crippen LogP contribution in [0, 0.1) is 5.92 Å². The molecular weight excluding hydrogens is 313 g/mol. The second-order valence-corrected chi connectivity index (χ2v) is 6.00. The van der Waals surface area contributed by atoms with Gasteiger partial charge in [0.25, 0.3) is 0 Å². The fourth-order valence-electron chi connectivity index (χ4n) is 3.03. The summed E-state index contributed by atoms with van der Waals surface area (Å²) >= 11 is 0. The van der Waals surface area contributed by atoms with Crippen LogP contribution in [0.25, 0.3) is 0 Å². The molecule has 3 rings (SSSR count). The minimum Gasteiger partial charge on any atom is -0.379 e. The zero-order valence-electron chi connectivity index (χ0n) is 12.5. The quantitative estimate of drug-likeness (QED) is 0.803. The molecule has 0 radical (unpaired) electrons. The highest BCUT2D eigenvalue weighted by Gasteiger charge is 2.31. The third-order valence-electron chi connectivity index (χ3n) is 4.48. The maximum atomic E-state index is 12.1. The maximum absolute atomic E-state index is 12.1. The van der Waals surface area contributed by atoms with Crippen LogP contribution in [0.3, 0.4) is 0 Å². The summed E-state index contributed by atoms with van der Waals surface area (Å²) in [5.74, 6) is 1.11. The van der Waals surface area contributed by atoms with Gasteiger partial charge in [-0.2, -0.15) is 0 Å². The highest BCUT2D eigenvalue weighted by atomic mass is 35.5. The smallest absolute Gasteiger partial charge is 0.236 e. The molecule has 3 fully saturated rings. The summed E-state index contributed by atoms with van der Waals surface area (Å²) in [6.45, 7) is 7.09. The number of carbonyl (C=O) groups excluding carboxylic acids is 1. The predicted molar refractivity (Wildman–Crippen MR) is 87.5 cm³/mol. The number of nitrogens with one attached hydrogen (secondary N) is 1. The Hall–Kier alpha value is -0.0700. The first kappa shape index (κ1) is 19.0. The molecule has 0 aromatic rings. The van der Waals surface area contributed by atoms with Crippen LogP contribution in [-0.4, -0.2) is 74.2 Å². The van der Waals surface area contributed by atoms with E-state index in [1.54, 1.807) is 0 Å². The van der Waals surface area contributed by atoms with E-state index in [0.717, 1.165) is 58.3 Å². The fourth-order valence-corrected chi connectivity index (χ4v) is 3.03. The number of hydrogen-bond acceptors (Lipinski definition) is 4. The molecule has 1 unspecified atom stereocenters. The van der Waals surface area contributed by atoms with Crippen molar-refractivity contribution in [2.45, 2.75) is 25.3 Å². The first-order valence-electron chi connectivity index (χ1n) is 7.63. The van der Waals surface area contributed by atoms with Crippen molar-refractivity contribution in [3.63, 3.8) is 0 Å². The Labute approximate surface area is 139 Å². The average Bonchev–Trinajstić information content (AvgIpc) is 3.13. The third kappa shape index (κ3) is 5.57. The SMILES string of the molecule is Cl.Cl.O=C(CNCC1CC1)N1CCC(N2CCOCC2)C1. The van der Waals surface area contributed by atoms with E-state index >= 15 is 0 Å². The Morgan fingerprint density at radius 2 is 1.81 bits per heavy atom. The van der Waals surface area contributed by atoms with E-state index in [9.17, 15) is 4.79 Å². The largest absolute Gasteiger partial charge is 0.379 e. The van der Waals surface area contributed by atoms with E-state index in [2.05, 4.69) is 10.2 Å². The molecule has 1 atom stereocenters. The number of morpholine rings is 1. The third-order valence-corrected chi connectivity index (χ3v) is 4.48. The van der Waals surface area contributed by atoms with Crippen LogP contribution in [0.5, 0.6) is 0 Å². The lowest BCUT2D eigenvalue weighted by Crippen LogP contribution is -2.46. The van der Waals surface area contributed by atoms with Gasteiger partial charge >= 0.3 is 0 Å². The van der Waals surface area contributed by atoms with Crippen LogP contribution < -0.4 is 5.32 Å². The molecule has 7 heteroatoms. The predicted octanol–water partition coefficient (Wildman–Crippen LogP) is 0.763. The molecule has 0 aromatic carbocycles. The Morgan fingerprint density at radius 3 is 2.48 bits per heavy atom. The minimum absolute atomic E-state index is 0. The first-order chi connectivity index (χ1) is 9.33. The normalized spacial score (nSPS) is 26.1. The summed E-state index contributed by atoms with van der Waals surface area (Å²) in [7, 11) is 0. The van der Waals surface area contributed by atoms with Crippen LogP contribution in [0.2, 0.25) is 0 Å². The van der Waals surface area contributed by atoms with Crippen molar-refractivity contribution >= 4 is 30.7 Å². The van der Waals surface area contributed by atoms with E-state index in [1.165, 1.54) is 12.8 Å². The second-order valence-electron chi connectivity index (χ2n) is 6.00. The maximum Gasteiger partial charge on any atom is 0.236 e. The standard InChI is InChI=1S/C14H25N3O2.2ClH/c18-14(10-15-9-12-1-2-12)17-4-3-13(11-17)16-5-7-19-8-6-16;;/h12-13,15H,1-11H2;2*1H. The second kappa shape index (κ2) is 9.16. The summed E-state index contributed by atoms with van der Waals surface area (Å²) in [6, 6.07) is 0.552. The molecule has 2 saturated heterocycles. The van der Waals surface area contributed by atoms with E-state index in [1.807, 2.05) is 4.90 Å². The van der Waals surface area contributed by atoms with Crippen molar-refractivity contribution in [2.75, 3.05) is 52.5 Å². The molecule has 2 heterocycles. The van der Waals surface area contributed by atoms with Crippen molar-refractivity contribution in [2.24, 2.45) is 5.92 Å². The molecule has 1 amide bonds. The highest BCUT2D eigenvalue weighted by molar-refractivity contribution is 5.85. The number of ether oxygens (including phenoxy) is 1. The topological polar surface area (TPSA) is 44.8 Å². The van der Waals surface area contributed by atoms with Gasteiger partial charge in [-0.15, -0.1) is 24.8 Å². The van der Waals surface area contributed by atoms with Gasteiger partial charge in [0.15, 0.2) is 0 Å². The van der Waals surface area contributed by atoms with Gasteiger partial charge in [0.05, 0.1) is 19.8 Å². The van der Waals surface area contributed by atoms with Gasteiger partial charge in [-0.3, -0.25) is 9.69 Å². The van der Waals surface area contributed by atoms with Crippen LogP contribution in [-0.2, 0) is 9.53 Å². The fraction of sp³-hybridized carbons (Fsp3) is 0.929. The van der Waals surface area contributed by atoms with E-state index in [0.29, 0.717) is 12.6 Å². The van der Waals surface area contributed by atoms with Gasteiger partial charge in [0.1, 0.15) is 0 Å². The van der Waals surface area contributed by atoms with Gasteiger partial charge in [0.2, 0.25) is 5.91 Å². The van der Waals surface area contributed by atoms with E-state index < -0.39 is 0 Å². The molecule has 0 bridgehead atoms. The van der Waals surface area contributed by atoms with Crippen LogP contribution in [0.1, 0.15) is 19.3 Å². The number of rotatable bonds is 5. The molecular formula is C14H27Cl2N3O2. The number of halogens is 2. The number of carbonyl (C=O) groups is 1. The van der Waals surface area contributed by atoms with Gasteiger partial charge in [-0.25, -0.2) is 0 Å². The van der Waals surface area contributed by atoms with E-state index in [-0.39, 0.29) is 30.7 Å². The number of hydrogen-bond donors (Lipinski definition) is 1. The lowest BCUT2D eigenvalue weighted by atomic mass is 10.2. The van der Waals surface area contributed by atoms with Crippen LogP contribution in [0.15, 0.2) is 0 Å². The van der Waals surface area contributed by atoms with Crippen molar-refractivity contribution < 1.29 is 9.53 Å². The van der Waals surface area contributed by atoms with Crippen LogP contribution >= 0.6 is 24.8 Å². The summed E-state index contributed by atoms with van der Waals surface area (Å²) in [6.07, 6.45) is 3.79. The zero-order chi connectivity index (χ0) is 13.1. The molecule has 2 aliphatic heterocycles. The van der Waals surface area contributed by atoms with Crippen molar-refractivity contribution in [1.29, 1.82) is 0 Å². The molecule has 0 spiro atoms. The van der Waals surface area contributed by atoms with Gasteiger partial charge in [-0.1, -0.05) is 0 Å². The Morgan fingerprint density at radius 1 is 1.10 bits per heavy atom. The van der Waals surface area contributed by atoms with Crippen molar-refractivity contribution in [3.8, 4) is 0 Å². The molecule has 124 valence electrons. The first-order valence-corrected chi connectivity index (χ1v) is 7.63. The highest BCUT2D eigenvalue weighted by Crippen LogP contribution is 2.27. The molecule has 21 heavy (non-hydrogen) atoms. The monoisotopic (exact) mass is 339 g/mol. The van der Waals surface area contributed by atoms with Crippen LogP contribution in [0.4, 0.5) is 0 Å². The Bertz CT molecular complexity index is 323. The summed E-state index contributed by atoms with van der Waals surface area (Å²) in [5, 5.41) is 3.29. The summed E-state index contributed by atoms with van der Waals surface area (Å²) in [5.41, 5.74) is 0. The van der Waals surface area contributed by atoms with Gasteiger partial charge < -0.3 is 15.0 Å². The van der Waals surface area contributed by atoms with Gasteiger partial charge in [-0.05, 0) is 31.7 Å². The van der Waals surface area contributed by atoms with Crippen molar-refractivity contribution in [1.82, 2.24) is 15.1 Å². The molecule has 1 N–H and O–H groups in total. The molecule has 1 saturated carbocycles. The lowest BCUT2D eigenvalue weighted by Gasteiger charge is -2.32. The minimum atomic E-state index is 0. The zero-order valence-corrected chi connectivity index (χ0v) is 14.1. The molecule has 5 nitrogen and oxygen atoms in total. The van der Waals surface area contributed by atoms with Gasteiger partial charge in [0, 0.05) is 32.2 Å². The van der Waals surface area contributed by atoms with E-state index in [4.69, 9.17) is 4.74 Å². The molecule has 3 aliphatic rings. The van der Waals surface area contributed by atoms with Crippen molar-refractivity contribution in [3.05, 3.63) is 0 Å². The Kier molecular flexibility index (Phi) is 8.27. The summed E-state index contributed by atoms with van der Waals surface area (Å²) < 4.78 is 5.38. The average molecular weight is 340 g/mol. The molecule has 1 aliphatic carbocycles. The number of amides is 1. The summed E-state index contributed by atoms with van der Waals surface area (Å²) in [4.78, 5) is 16.6. The molecule has 0 aromatic heterocycles.